The predicted octanol–water partition coefficient (Wildman–Crippen LogP) is 6.90. The summed E-state index contributed by atoms with van der Waals surface area (Å²) in [6, 6.07) is 24.2. The average Bonchev–Trinajstić information content (AvgIpc) is 2.75. The third-order valence-electron chi connectivity index (χ3n) is 4.56. The second-order valence-electron chi connectivity index (χ2n) is 6.61. The Balaban J connectivity index is 1.74. The van der Waals surface area contributed by atoms with Crippen LogP contribution in [0.4, 0.5) is 18.9 Å². The SMILES string of the molecule is O=C(Nc1cc(C(F)(F)F)ccc1Oc1cccc2ccccc12)c1ccccc1. The molecule has 0 radical (unpaired) electrons. The van der Waals surface area contributed by atoms with Crippen molar-refractivity contribution in [2.24, 2.45) is 0 Å². The highest BCUT2D eigenvalue weighted by Gasteiger charge is 2.31. The molecular weight excluding hydrogens is 391 g/mol. The van der Waals surface area contributed by atoms with Crippen LogP contribution in [0, 0.1) is 0 Å². The third kappa shape index (κ3) is 4.12. The Morgan fingerprint density at radius 1 is 0.767 bits per heavy atom. The molecule has 0 aliphatic rings. The molecular formula is C24H16F3NO2. The molecule has 4 aromatic carbocycles. The van der Waals surface area contributed by atoms with Gasteiger partial charge >= 0.3 is 6.18 Å². The lowest BCUT2D eigenvalue weighted by atomic mass is 10.1. The number of rotatable bonds is 4. The number of anilines is 1. The summed E-state index contributed by atoms with van der Waals surface area (Å²) in [5, 5.41) is 4.28. The Morgan fingerprint density at radius 3 is 2.23 bits per heavy atom. The molecule has 0 heterocycles. The predicted molar refractivity (Wildman–Crippen MR) is 110 cm³/mol. The minimum Gasteiger partial charge on any atom is -0.455 e. The lowest BCUT2D eigenvalue weighted by molar-refractivity contribution is -0.137. The maximum absolute atomic E-state index is 13.2. The van der Waals surface area contributed by atoms with E-state index in [0.29, 0.717) is 11.3 Å². The quantitative estimate of drug-likeness (QED) is 0.399. The summed E-state index contributed by atoms with van der Waals surface area (Å²) in [4.78, 5) is 12.5. The molecule has 0 spiro atoms. The number of alkyl halides is 3. The zero-order chi connectivity index (χ0) is 21.1. The van der Waals surface area contributed by atoms with Crippen molar-refractivity contribution in [3.8, 4) is 11.5 Å². The van der Waals surface area contributed by atoms with Gasteiger partial charge in [-0.1, -0.05) is 54.6 Å². The van der Waals surface area contributed by atoms with Gasteiger partial charge in [0.15, 0.2) is 5.75 Å². The summed E-state index contributed by atoms with van der Waals surface area (Å²) >= 11 is 0. The number of carbonyl (C=O) groups excluding carboxylic acids is 1. The first-order valence-corrected chi connectivity index (χ1v) is 9.15. The van der Waals surface area contributed by atoms with E-state index >= 15 is 0 Å². The first kappa shape index (κ1) is 19.5. The summed E-state index contributed by atoms with van der Waals surface area (Å²) in [5.41, 5.74) is -0.617. The van der Waals surface area contributed by atoms with Crippen molar-refractivity contribution in [1.82, 2.24) is 0 Å². The molecule has 0 saturated carbocycles. The van der Waals surface area contributed by atoms with Crippen molar-refractivity contribution in [1.29, 1.82) is 0 Å². The molecule has 6 heteroatoms. The maximum Gasteiger partial charge on any atom is 0.416 e. The van der Waals surface area contributed by atoms with Gasteiger partial charge in [-0.15, -0.1) is 0 Å². The van der Waals surface area contributed by atoms with Crippen LogP contribution in [0.5, 0.6) is 11.5 Å². The molecule has 30 heavy (non-hydrogen) atoms. The molecule has 4 aromatic rings. The zero-order valence-corrected chi connectivity index (χ0v) is 15.6. The second-order valence-corrected chi connectivity index (χ2v) is 6.61. The lowest BCUT2D eigenvalue weighted by Gasteiger charge is -2.16. The van der Waals surface area contributed by atoms with Gasteiger partial charge in [-0.2, -0.15) is 13.2 Å². The van der Waals surface area contributed by atoms with Crippen molar-refractivity contribution in [2.75, 3.05) is 5.32 Å². The van der Waals surface area contributed by atoms with Crippen LogP contribution in [0.1, 0.15) is 15.9 Å². The van der Waals surface area contributed by atoms with E-state index in [1.165, 1.54) is 6.07 Å². The van der Waals surface area contributed by atoms with Crippen LogP contribution in [-0.4, -0.2) is 5.91 Å². The maximum atomic E-state index is 13.2. The van der Waals surface area contributed by atoms with Crippen LogP contribution in [0.15, 0.2) is 91.0 Å². The molecule has 0 bridgehead atoms. The molecule has 1 amide bonds. The number of fused-ring (bicyclic) bond motifs is 1. The van der Waals surface area contributed by atoms with Crippen LogP contribution in [0.3, 0.4) is 0 Å². The van der Waals surface area contributed by atoms with Crippen LogP contribution in [0.2, 0.25) is 0 Å². The van der Waals surface area contributed by atoms with Gasteiger partial charge in [0.1, 0.15) is 5.75 Å². The molecule has 0 aromatic heterocycles. The van der Waals surface area contributed by atoms with Crippen LogP contribution >= 0.6 is 0 Å². The van der Waals surface area contributed by atoms with E-state index < -0.39 is 17.6 Å². The van der Waals surface area contributed by atoms with Crippen molar-refractivity contribution in [3.63, 3.8) is 0 Å². The molecule has 0 unspecified atom stereocenters. The fourth-order valence-corrected chi connectivity index (χ4v) is 3.08. The summed E-state index contributed by atoms with van der Waals surface area (Å²) < 4.78 is 45.7. The van der Waals surface area contributed by atoms with E-state index in [9.17, 15) is 18.0 Å². The van der Waals surface area contributed by atoms with E-state index in [4.69, 9.17) is 4.74 Å². The average molecular weight is 407 g/mol. The highest BCUT2D eigenvalue weighted by Crippen LogP contribution is 2.38. The fourth-order valence-electron chi connectivity index (χ4n) is 3.08. The standard InChI is InChI=1S/C24H16F3NO2/c25-24(26,27)18-13-14-22(20(15-18)28-23(29)17-8-2-1-3-9-17)30-21-12-6-10-16-7-4-5-11-19(16)21/h1-15H,(H,28,29). The highest BCUT2D eigenvalue weighted by atomic mass is 19.4. The monoisotopic (exact) mass is 407 g/mol. The largest absolute Gasteiger partial charge is 0.455 e. The van der Waals surface area contributed by atoms with Gasteiger partial charge in [0.05, 0.1) is 11.3 Å². The molecule has 1 N–H and O–H groups in total. The van der Waals surface area contributed by atoms with Crippen molar-refractivity contribution in [2.45, 2.75) is 6.18 Å². The summed E-state index contributed by atoms with van der Waals surface area (Å²) in [6.45, 7) is 0. The van der Waals surface area contributed by atoms with Gasteiger partial charge in [0.2, 0.25) is 0 Å². The van der Waals surface area contributed by atoms with E-state index in [2.05, 4.69) is 5.32 Å². The number of hydrogen-bond donors (Lipinski definition) is 1. The van der Waals surface area contributed by atoms with Gasteiger partial charge in [-0.3, -0.25) is 4.79 Å². The van der Waals surface area contributed by atoms with E-state index in [1.54, 1.807) is 42.5 Å². The summed E-state index contributed by atoms with van der Waals surface area (Å²) in [7, 11) is 0. The Morgan fingerprint density at radius 2 is 1.47 bits per heavy atom. The zero-order valence-electron chi connectivity index (χ0n) is 15.6. The summed E-state index contributed by atoms with van der Waals surface area (Å²) in [5.74, 6) is 0.0596. The van der Waals surface area contributed by atoms with Gasteiger partial charge < -0.3 is 10.1 Å². The molecule has 3 nitrogen and oxygen atoms in total. The highest BCUT2D eigenvalue weighted by molar-refractivity contribution is 6.05. The Kier molecular flexibility index (Phi) is 5.14. The Bertz CT molecular complexity index is 1200. The van der Waals surface area contributed by atoms with E-state index in [-0.39, 0.29) is 11.4 Å². The van der Waals surface area contributed by atoms with Crippen molar-refractivity contribution >= 4 is 22.4 Å². The smallest absolute Gasteiger partial charge is 0.416 e. The minimum absolute atomic E-state index is 0.0633. The van der Waals surface area contributed by atoms with Gasteiger partial charge in [0, 0.05) is 10.9 Å². The first-order valence-electron chi connectivity index (χ1n) is 9.15. The fraction of sp³-hybridized carbons (Fsp3) is 0.0417. The van der Waals surface area contributed by atoms with Gasteiger partial charge in [-0.25, -0.2) is 0 Å². The molecule has 0 fully saturated rings. The van der Waals surface area contributed by atoms with Crippen LogP contribution in [-0.2, 0) is 6.18 Å². The van der Waals surface area contributed by atoms with Crippen LogP contribution < -0.4 is 10.1 Å². The molecule has 4 rings (SSSR count). The Hall–Kier alpha value is -3.80. The molecule has 0 atom stereocenters. The number of hydrogen-bond acceptors (Lipinski definition) is 2. The number of ether oxygens (including phenoxy) is 1. The van der Waals surface area contributed by atoms with Crippen LogP contribution in [0.25, 0.3) is 10.8 Å². The third-order valence-corrected chi connectivity index (χ3v) is 4.56. The number of nitrogens with one attached hydrogen (secondary N) is 1. The molecule has 0 saturated heterocycles. The lowest BCUT2D eigenvalue weighted by Crippen LogP contribution is -2.14. The molecule has 150 valence electrons. The van der Waals surface area contributed by atoms with E-state index in [0.717, 1.165) is 22.9 Å². The second kappa shape index (κ2) is 7.91. The number of halogens is 3. The first-order chi connectivity index (χ1) is 14.4. The topological polar surface area (TPSA) is 38.3 Å². The molecule has 0 aliphatic heterocycles. The van der Waals surface area contributed by atoms with Gasteiger partial charge in [0.25, 0.3) is 5.91 Å². The number of amides is 1. The van der Waals surface area contributed by atoms with Gasteiger partial charge in [-0.05, 0) is 41.8 Å². The normalized spacial score (nSPS) is 11.3. The summed E-state index contributed by atoms with van der Waals surface area (Å²) in [6.07, 6.45) is -4.55. The van der Waals surface area contributed by atoms with Crippen molar-refractivity contribution in [3.05, 3.63) is 102 Å². The number of carbonyl (C=O) groups is 1. The van der Waals surface area contributed by atoms with E-state index in [1.807, 2.05) is 30.3 Å². The minimum atomic E-state index is -4.55. The molecule has 0 aliphatic carbocycles. The van der Waals surface area contributed by atoms with Crippen molar-refractivity contribution < 1.29 is 22.7 Å². The number of benzene rings is 4. The Labute approximate surface area is 170 Å².